The molecule has 0 aliphatic rings. The summed E-state index contributed by atoms with van der Waals surface area (Å²) < 4.78 is 26.9. The first-order valence-corrected chi connectivity index (χ1v) is 2.94. The van der Waals surface area contributed by atoms with Gasteiger partial charge >= 0.3 is 10.8 Å². The summed E-state index contributed by atoms with van der Waals surface area (Å²) in [5.41, 5.74) is 0. The highest BCUT2D eigenvalue weighted by atomic mass is 79.9. The van der Waals surface area contributed by atoms with Gasteiger partial charge in [-0.1, -0.05) is 0 Å². The van der Waals surface area contributed by atoms with Gasteiger partial charge in [-0.05, 0) is 15.9 Å². The number of carbonyl (C=O) groups is 1. The first-order valence-electron chi connectivity index (χ1n) is 1.84. The van der Waals surface area contributed by atoms with Gasteiger partial charge in [-0.15, -0.1) is 0 Å². The minimum absolute atomic E-state index is 1.06. The molecule has 9 heavy (non-hydrogen) atoms. The Morgan fingerprint density at radius 1 is 1.78 bits per heavy atom. The molecule has 0 aliphatic carbocycles. The Hall–Kier alpha value is 0.1000. The first kappa shape index (κ1) is 9.10. The Kier molecular flexibility index (Phi) is 3.35. The van der Waals surface area contributed by atoms with Gasteiger partial charge < -0.3 is 4.29 Å². The van der Waals surface area contributed by atoms with Crippen molar-refractivity contribution in [3.8, 4) is 0 Å². The van der Waals surface area contributed by atoms with E-state index in [1.807, 2.05) is 15.9 Å². The van der Waals surface area contributed by atoms with Crippen molar-refractivity contribution in [3.05, 3.63) is 0 Å². The predicted octanol–water partition coefficient (Wildman–Crippen LogP) is 2.06. The molecule has 0 fully saturated rings. The third kappa shape index (κ3) is 5.98. The van der Waals surface area contributed by atoms with Gasteiger partial charge in [0.2, 0.25) is 0 Å². The normalized spacial score (nSPS) is 11.1. The lowest BCUT2D eigenvalue weighted by Crippen LogP contribution is -2.12. The second-order valence-electron chi connectivity index (χ2n) is 1.24. The van der Waals surface area contributed by atoms with Crippen LogP contribution in [0.4, 0.5) is 8.78 Å². The molecule has 54 valence electrons. The number of rotatable bonds is 2. The lowest BCUT2D eigenvalue weighted by Gasteiger charge is -2.02. The molecule has 0 radical (unpaired) electrons. The highest BCUT2D eigenvalue weighted by Crippen LogP contribution is 2.26. The topological polar surface area (TPSA) is 26.3 Å². The van der Waals surface area contributed by atoms with E-state index in [9.17, 15) is 13.6 Å². The number of halogens is 4. The molecular weight excluding hydrogens is 221 g/mol. The fourth-order valence-corrected chi connectivity index (χ4v) is 0.474. The van der Waals surface area contributed by atoms with Crippen LogP contribution in [0.15, 0.2) is 0 Å². The lowest BCUT2D eigenvalue weighted by molar-refractivity contribution is -0.137. The van der Waals surface area contributed by atoms with Gasteiger partial charge in [-0.2, -0.15) is 8.78 Å². The summed E-state index contributed by atoms with van der Waals surface area (Å²) in [4.78, 5) is 6.74. The summed E-state index contributed by atoms with van der Waals surface area (Å²) in [7, 11) is 0. The van der Waals surface area contributed by atoms with Crippen LogP contribution in [0, 0.1) is 0 Å². The third-order valence-electron chi connectivity index (χ3n) is 0.431. The average molecular weight is 223 g/mol. The van der Waals surface area contributed by atoms with E-state index in [-0.39, 0.29) is 0 Å². The minimum atomic E-state index is -3.22. The van der Waals surface area contributed by atoms with Crippen molar-refractivity contribution in [1.82, 2.24) is 0 Å². The van der Waals surface area contributed by atoms with Crippen molar-refractivity contribution in [2.75, 3.05) is 0 Å². The summed E-state index contributed by atoms with van der Waals surface area (Å²) in [6.45, 7) is 0. The fraction of sp³-hybridized carbons (Fsp3) is 0.667. The highest BCUT2D eigenvalue weighted by molar-refractivity contribution is 9.10. The monoisotopic (exact) mass is 222 g/mol. The molecule has 0 saturated carbocycles. The van der Waals surface area contributed by atoms with Crippen LogP contribution in [-0.4, -0.2) is 10.8 Å². The second kappa shape index (κ2) is 3.31. The van der Waals surface area contributed by atoms with Crippen molar-refractivity contribution in [1.29, 1.82) is 0 Å². The molecule has 0 aliphatic heterocycles. The molecule has 0 heterocycles. The molecule has 0 rings (SSSR count). The zero-order valence-electron chi connectivity index (χ0n) is 4.04. The molecule has 0 saturated heterocycles. The van der Waals surface area contributed by atoms with E-state index in [1.54, 1.807) is 0 Å². The SMILES string of the molecule is O=C(CC(F)(F)Br)OCl. The molecule has 0 N–H and O–H groups in total. The Bertz CT molecular complexity index is 113. The van der Waals surface area contributed by atoms with Crippen LogP contribution in [0.5, 0.6) is 0 Å². The van der Waals surface area contributed by atoms with E-state index in [0.29, 0.717) is 0 Å². The van der Waals surface area contributed by atoms with Crippen LogP contribution in [0.2, 0.25) is 0 Å². The fourth-order valence-electron chi connectivity index (χ4n) is 0.191. The van der Waals surface area contributed by atoms with Crippen LogP contribution < -0.4 is 0 Å². The molecule has 2 nitrogen and oxygen atoms in total. The maximum absolute atomic E-state index is 11.7. The van der Waals surface area contributed by atoms with Gasteiger partial charge in [0.15, 0.2) is 0 Å². The molecule has 0 aromatic rings. The average Bonchev–Trinajstić information content (AvgIpc) is 1.62. The maximum atomic E-state index is 11.7. The number of hydrogen-bond donors (Lipinski definition) is 0. The molecule has 0 atom stereocenters. The number of alkyl halides is 3. The Balaban J connectivity index is 3.60. The molecular formula is C3H2BrClF2O2. The zero-order valence-corrected chi connectivity index (χ0v) is 6.38. The van der Waals surface area contributed by atoms with Crippen LogP contribution in [0.3, 0.4) is 0 Å². The maximum Gasteiger partial charge on any atom is 0.331 e. The van der Waals surface area contributed by atoms with Gasteiger partial charge in [-0.25, -0.2) is 0 Å². The lowest BCUT2D eigenvalue weighted by atomic mass is 10.5. The van der Waals surface area contributed by atoms with E-state index in [2.05, 4.69) is 16.2 Å². The molecule has 0 amide bonds. The Morgan fingerprint density at radius 2 is 2.22 bits per heavy atom. The summed E-state index contributed by atoms with van der Waals surface area (Å²) in [6.07, 6.45) is -1.06. The van der Waals surface area contributed by atoms with E-state index in [1.165, 1.54) is 0 Å². The number of carbonyl (C=O) groups excluding carboxylic acids is 1. The summed E-state index contributed by atoms with van der Waals surface area (Å²) in [6, 6.07) is 0. The Morgan fingerprint density at radius 3 is 2.33 bits per heavy atom. The highest BCUT2D eigenvalue weighted by Gasteiger charge is 2.28. The Labute approximate surface area is 63.4 Å². The van der Waals surface area contributed by atoms with Gasteiger partial charge in [0.1, 0.15) is 18.3 Å². The van der Waals surface area contributed by atoms with Crippen molar-refractivity contribution in [2.45, 2.75) is 11.3 Å². The van der Waals surface area contributed by atoms with Crippen LogP contribution >= 0.6 is 27.8 Å². The van der Waals surface area contributed by atoms with E-state index in [4.69, 9.17) is 0 Å². The third-order valence-corrected chi connectivity index (χ3v) is 0.883. The van der Waals surface area contributed by atoms with Crippen LogP contribution in [0.1, 0.15) is 6.42 Å². The molecule has 0 unspecified atom stereocenters. The summed E-state index contributed by atoms with van der Waals surface area (Å²) in [5.74, 6) is -1.17. The molecule has 6 heteroatoms. The quantitative estimate of drug-likeness (QED) is 0.670. The first-order chi connectivity index (χ1) is 3.95. The standard InChI is InChI=1S/C3H2BrClF2O2/c4-3(6,7)1-2(8)9-5/h1H2. The van der Waals surface area contributed by atoms with E-state index < -0.39 is 17.2 Å². The summed E-state index contributed by atoms with van der Waals surface area (Å²) in [5, 5.41) is 0. The van der Waals surface area contributed by atoms with Gasteiger partial charge in [-0.3, -0.25) is 4.79 Å². The molecule has 0 bridgehead atoms. The van der Waals surface area contributed by atoms with Crippen LogP contribution in [-0.2, 0) is 9.08 Å². The van der Waals surface area contributed by atoms with Gasteiger partial charge in [0.25, 0.3) is 0 Å². The summed E-state index contributed by atoms with van der Waals surface area (Å²) >= 11 is 6.38. The predicted molar refractivity (Wildman–Crippen MR) is 30.4 cm³/mol. The van der Waals surface area contributed by atoms with Crippen molar-refractivity contribution in [2.24, 2.45) is 0 Å². The van der Waals surface area contributed by atoms with E-state index in [0.717, 1.165) is 0 Å². The van der Waals surface area contributed by atoms with Crippen molar-refractivity contribution >= 4 is 33.8 Å². The zero-order chi connectivity index (χ0) is 7.49. The van der Waals surface area contributed by atoms with Gasteiger partial charge in [0.05, 0.1) is 0 Å². The van der Waals surface area contributed by atoms with Gasteiger partial charge in [0, 0.05) is 0 Å². The number of hydrogen-bond acceptors (Lipinski definition) is 2. The van der Waals surface area contributed by atoms with E-state index >= 15 is 0 Å². The minimum Gasteiger partial charge on any atom is -0.347 e. The molecule has 0 aromatic carbocycles. The van der Waals surface area contributed by atoms with Crippen molar-refractivity contribution < 1.29 is 17.9 Å². The largest absolute Gasteiger partial charge is 0.347 e. The second-order valence-corrected chi connectivity index (χ2v) is 2.56. The van der Waals surface area contributed by atoms with Crippen LogP contribution in [0.25, 0.3) is 0 Å². The molecule has 0 spiro atoms. The van der Waals surface area contributed by atoms with Crippen molar-refractivity contribution in [3.63, 3.8) is 0 Å². The molecule has 0 aromatic heterocycles. The smallest absolute Gasteiger partial charge is 0.331 e.